The standard InChI is InChI=1S/C15H15N5O2/c1-2-22-15(21)9-19-8-12(7-18-20-10-16-17-11-20)13-5-3-4-6-14(13)19/h3-8,10-11H,2,9H2,1H3. The van der Waals surface area contributed by atoms with Gasteiger partial charge < -0.3 is 9.30 Å². The monoisotopic (exact) mass is 297 g/mol. The molecule has 0 aliphatic carbocycles. The molecule has 7 nitrogen and oxygen atoms in total. The molecule has 3 rings (SSSR count). The van der Waals surface area contributed by atoms with Crippen molar-refractivity contribution in [2.75, 3.05) is 6.61 Å². The molecule has 0 amide bonds. The van der Waals surface area contributed by atoms with Gasteiger partial charge >= 0.3 is 5.97 Å². The Kier molecular flexibility index (Phi) is 3.95. The third-order valence-electron chi connectivity index (χ3n) is 3.16. The normalized spacial score (nSPS) is 11.3. The van der Waals surface area contributed by atoms with Gasteiger partial charge in [-0.15, -0.1) is 10.2 Å². The zero-order chi connectivity index (χ0) is 15.4. The second kappa shape index (κ2) is 6.21. The summed E-state index contributed by atoms with van der Waals surface area (Å²) in [6, 6.07) is 7.84. The van der Waals surface area contributed by atoms with E-state index in [2.05, 4.69) is 15.3 Å². The van der Waals surface area contributed by atoms with Crippen molar-refractivity contribution in [3.63, 3.8) is 0 Å². The topological polar surface area (TPSA) is 74.3 Å². The van der Waals surface area contributed by atoms with E-state index in [1.165, 1.54) is 17.3 Å². The minimum atomic E-state index is -0.259. The first-order chi connectivity index (χ1) is 10.8. The molecule has 2 heterocycles. The average molecular weight is 297 g/mol. The van der Waals surface area contributed by atoms with E-state index in [0.29, 0.717) is 6.61 Å². The molecule has 0 saturated carbocycles. The Morgan fingerprint density at radius 3 is 2.86 bits per heavy atom. The minimum Gasteiger partial charge on any atom is -0.465 e. The zero-order valence-corrected chi connectivity index (χ0v) is 12.1. The molecule has 3 aromatic rings. The van der Waals surface area contributed by atoms with E-state index in [-0.39, 0.29) is 12.5 Å². The van der Waals surface area contributed by atoms with Gasteiger partial charge in [0.15, 0.2) is 0 Å². The third kappa shape index (κ3) is 2.88. The highest BCUT2D eigenvalue weighted by Crippen LogP contribution is 2.20. The largest absolute Gasteiger partial charge is 0.465 e. The fourth-order valence-corrected chi connectivity index (χ4v) is 2.24. The summed E-state index contributed by atoms with van der Waals surface area (Å²) in [5.74, 6) is -0.259. The lowest BCUT2D eigenvalue weighted by Crippen LogP contribution is -2.12. The van der Waals surface area contributed by atoms with Gasteiger partial charge in [-0.2, -0.15) is 5.10 Å². The van der Waals surface area contributed by atoms with Crippen LogP contribution in [0.2, 0.25) is 0 Å². The number of ether oxygens (including phenoxy) is 1. The summed E-state index contributed by atoms with van der Waals surface area (Å²) in [4.78, 5) is 11.7. The van der Waals surface area contributed by atoms with Gasteiger partial charge in [0.1, 0.15) is 19.2 Å². The van der Waals surface area contributed by atoms with E-state index in [1.807, 2.05) is 35.0 Å². The van der Waals surface area contributed by atoms with Crippen LogP contribution in [0.3, 0.4) is 0 Å². The van der Waals surface area contributed by atoms with Crippen molar-refractivity contribution in [3.8, 4) is 0 Å². The number of rotatable bonds is 5. The summed E-state index contributed by atoms with van der Waals surface area (Å²) in [6.45, 7) is 2.34. The molecule has 0 atom stereocenters. The van der Waals surface area contributed by atoms with Crippen molar-refractivity contribution in [1.29, 1.82) is 0 Å². The molecule has 2 aromatic heterocycles. The number of para-hydroxylation sites is 1. The van der Waals surface area contributed by atoms with Gasteiger partial charge in [-0.05, 0) is 13.0 Å². The lowest BCUT2D eigenvalue weighted by Gasteiger charge is -2.04. The summed E-state index contributed by atoms with van der Waals surface area (Å²) < 4.78 is 8.38. The highest BCUT2D eigenvalue weighted by Gasteiger charge is 2.10. The zero-order valence-electron chi connectivity index (χ0n) is 12.1. The van der Waals surface area contributed by atoms with Crippen LogP contribution in [0.4, 0.5) is 0 Å². The molecule has 0 spiro atoms. The van der Waals surface area contributed by atoms with E-state index >= 15 is 0 Å². The Morgan fingerprint density at radius 1 is 1.32 bits per heavy atom. The first-order valence-electron chi connectivity index (χ1n) is 6.90. The Labute approximate surface area is 126 Å². The van der Waals surface area contributed by atoms with Gasteiger partial charge in [0.05, 0.1) is 12.8 Å². The van der Waals surface area contributed by atoms with Gasteiger partial charge in [-0.1, -0.05) is 18.2 Å². The van der Waals surface area contributed by atoms with Crippen LogP contribution in [0.25, 0.3) is 10.9 Å². The molecule has 0 bridgehead atoms. The first kappa shape index (κ1) is 14.0. The highest BCUT2D eigenvalue weighted by molar-refractivity contribution is 5.99. The Balaban J connectivity index is 1.95. The lowest BCUT2D eigenvalue weighted by atomic mass is 10.2. The van der Waals surface area contributed by atoms with Gasteiger partial charge in [0.2, 0.25) is 0 Å². The number of carbonyl (C=O) groups excluding carboxylic acids is 1. The van der Waals surface area contributed by atoms with E-state index in [0.717, 1.165) is 16.5 Å². The Hall–Kier alpha value is -2.96. The van der Waals surface area contributed by atoms with Gasteiger partial charge in [0, 0.05) is 22.7 Å². The maximum absolute atomic E-state index is 11.7. The molecule has 7 heteroatoms. The highest BCUT2D eigenvalue weighted by atomic mass is 16.5. The number of fused-ring (bicyclic) bond motifs is 1. The molecule has 0 radical (unpaired) electrons. The quantitative estimate of drug-likeness (QED) is 0.530. The summed E-state index contributed by atoms with van der Waals surface area (Å²) >= 11 is 0. The van der Waals surface area contributed by atoms with Crippen LogP contribution in [-0.2, 0) is 16.1 Å². The van der Waals surface area contributed by atoms with Crippen LogP contribution in [0.1, 0.15) is 12.5 Å². The maximum Gasteiger partial charge on any atom is 0.325 e. The van der Waals surface area contributed by atoms with Crippen molar-refractivity contribution < 1.29 is 9.53 Å². The average Bonchev–Trinajstić information content (AvgIpc) is 3.14. The molecule has 112 valence electrons. The van der Waals surface area contributed by atoms with E-state index in [4.69, 9.17) is 4.74 Å². The van der Waals surface area contributed by atoms with Crippen molar-refractivity contribution >= 4 is 23.1 Å². The molecule has 0 saturated heterocycles. The predicted octanol–water partition coefficient (Wildman–Crippen LogP) is 1.68. The summed E-state index contributed by atoms with van der Waals surface area (Å²) in [5.41, 5.74) is 1.87. The molecule has 22 heavy (non-hydrogen) atoms. The molecule has 0 unspecified atom stereocenters. The van der Waals surface area contributed by atoms with Gasteiger partial charge in [-0.3, -0.25) is 4.79 Å². The lowest BCUT2D eigenvalue weighted by molar-refractivity contribution is -0.143. The molecular weight excluding hydrogens is 282 g/mol. The SMILES string of the molecule is CCOC(=O)Cn1cc(C=Nn2cnnc2)c2ccccc21. The van der Waals surface area contributed by atoms with E-state index in [1.54, 1.807) is 13.1 Å². The fourth-order valence-electron chi connectivity index (χ4n) is 2.24. The van der Waals surface area contributed by atoms with Crippen LogP contribution >= 0.6 is 0 Å². The Bertz CT molecular complexity index is 805. The number of esters is 1. The molecular formula is C15H15N5O2. The number of benzene rings is 1. The van der Waals surface area contributed by atoms with E-state index < -0.39 is 0 Å². The first-order valence-corrected chi connectivity index (χ1v) is 6.90. The summed E-state index contributed by atoms with van der Waals surface area (Å²) in [6.07, 6.45) is 6.62. The summed E-state index contributed by atoms with van der Waals surface area (Å²) in [5, 5.41) is 12.7. The smallest absolute Gasteiger partial charge is 0.325 e. The minimum absolute atomic E-state index is 0.175. The van der Waals surface area contributed by atoms with Crippen LogP contribution in [0, 0.1) is 0 Å². The maximum atomic E-state index is 11.7. The second-order valence-electron chi connectivity index (χ2n) is 4.62. The number of hydrogen-bond acceptors (Lipinski definition) is 5. The second-order valence-corrected chi connectivity index (χ2v) is 4.62. The molecule has 0 aliphatic heterocycles. The number of aromatic nitrogens is 4. The van der Waals surface area contributed by atoms with Crippen LogP contribution < -0.4 is 0 Å². The Morgan fingerprint density at radius 2 is 2.09 bits per heavy atom. The number of hydrogen-bond donors (Lipinski definition) is 0. The van der Waals surface area contributed by atoms with Crippen molar-refractivity contribution in [1.82, 2.24) is 19.4 Å². The number of nitrogens with zero attached hydrogens (tertiary/aromatic N) is 5. The van der Waals surface area contributed by atoms with Crippen molar-refractivity contribution in [2.45, 2.75) is 13.5 Å². The van der Waals surface area contributed by atoms with Gasteiger partial charge in [0.25, 0.3) is 0 Å². The van der Waals surface area contributed by atoms with Crippen molar-refractivity contribution in [2.24, 2.45) is 5.10 Å². The van der Waals surface area contributed by atoms with Crippen molar-refractivity contribution in [3.05, 3.63) is 48.7 Å². The van der Waals surface area contributed by atoms with E-state index in [9.17, 15) is 4.79 Å². The predicted molar refractivity (Wildman–Crippen MR) is 81.6 cm³/mol. The molecule has 1 aromatic carbocycles. The van der Waals surface area contributed by atoms with Crippen LogP contribution in [-0.4, -0.2) is 38.2 Å². The fraction of sp³-hybridized carbons (Fsp3) is 0.200. The van der Waals surface area contributed by atoms with Crippen LogP contribution in [0.15, 0.2) is 48.2 Å². The summed E-state index contributed by atoms with van der Waals surface area (Å²) in [7, 11) is 0. The van der Waals surface area contributed by atoms with Gasteiger partial charge in [-0.25, -0.2) is 4.68 Å². The molecule has 0 N–H and O–H groups in total. The number of carbonyl (C=O) groups is 1. The third-order valence-corrected chi connectivity index (χ3v) is 3.16. The molecule has 0 aliphatic rings. The molecule has 0 fully saturated rings. The van der Waals surface area contributed by atoms with Crippen LogP contribution in [0.5, 0.6) is 0 Å².